The second kappa shape index (κ2) is 4.00. The van der Waals surface area contributed by atoms with Crippen LogP contribution in [0.25, 0.3) is 0 Å². The SMILES string of the molecule is CC(C)C(=O)c1cccc([N+](=O)[O-])c1. The summed E-state index contributed by atoms with van der Waals surface area (Å²) in [6.07, 6.45) is 0. The second-order valence-corrected chi connectivity index (χ2v) is 3.33. The lowest BCUT2D eigenvalue weighted by Gasteiger charge is -2.02. The van der Waals surface area contributed by atoms with Gasteiger partial charge in [-0.15, -0.1) is 0 Å². The van der Waals surface area contributed by atoms with E-state index >= 15 is 0 Å². The summed E-state index contributed by atoms with van der Waals surface area (Å²) in [6, 6.07) is 5.79. The van der Waals surface area contributed by atoms with Crippen molar-refractivity contribution in [3.05, 3.63) is 39.9 Å². The Hall–Kier alpha value is -1.71. The number of benzene rings is 1. The smallest absolute Gasteiger partial charge is 0.270 e. The number of nitrogens with zero attached hydrogens (tertiary/aromatic N) is 1. The first-order valence-corrected chi connectivity index (χ1v) is 4.31. The molecule has 0 amide bonds. The Bertz CT molecular complexity index is 371. The standard InChI is InChI=1S/C10H11NO3/c1-7(2)10(12)8-4-3-5-9(6-8)11(13)14/h3-7H,1-2H3. The Kier molecular flexibility index (Phi) is 2.96. The fraction of sp³-hybridized carbons (Fsp3) is 0.300. The normalized spacial score (nSPS) is 10.2. The van der Waals surface area contributed by atoms with E-state index in [0.29, 0.717) is 5.56 Å². The lowest BCUT2D eigenvalue weighted by molar-refractivity contribution is -0.384. The quantitative estimate of drug-likeness (QED) is 0.420. The molecule has 0 saturated carbocycles. The highest BCUT2D eigenvalue weighted by Gasteiger charge is 2.13. The molecule has 1 rings (SSSR count). The molecule has 0 saturated heterocycles. The maximum atomic E-state index is 11.5. The van der Waals surface area contributed by atoms with Crippen LogP contribution in [0, 0.1) is 16.0 Å². The maximum Gasteiger partial charge on any atom is 0.270 e. The Labute approximate surface area is 81.7 Å². The first-order chi connectivity index (χ1) is 6.52. The molecule has 0 bridgehead atoms. The zero-order valence-corrected chi connectivity index (χ0v) is 8.06. The third kappa shape index (κ3) is 2.16. The van der Waals surface area contributed by atoms with Crippen LogP contribution >= 0.6 is 0 Å². The van der Waals surface area contributed by atoms with Gasteiger partial charge in [-0.3, -0.25) is 14.9 Å². The predicted molar refractivity (Wildman–Crippen MR) is 52.3 cm³/mol. The van der Waals surface area contributed by atoms with E-state index in [-0.39, 0.29) is 17.4 Å². The molecular weight excluding hydrogens is 182 g/mol. The number of hydrogen-bond donors (Lipinski definition) is 0. The Morgan fingerprint density at radius 1 is 1.43 bits per heavy atom. The highest BCUT2D eigenvalue weighted by atomic mass is 16.6. The van der Waals surface area contributed by atoms with Crippen LogP contribution < -0.4 is 0 Å². The van der Waals surface area contributed by atoms with Crippen LogP contribution in [0.4, 0.5) is 5.69 Å². The predicted octanol–water partition coefficient (Wildman–Crippen LogP) is 2.43. The number of hydrogen-bond acceptors (Lipinski definition) is 3. The third-order valence-corrected chi connectivity index (χ3v) is 1.87. The topological polar surface area (TPSA) is 60.2 Å². The lowest BCUT2D eigenvalue weighted by atomic mass is 10.0. The van der Waals surface area contributed by atoms with Gasteiger partial charge in [0.25, 0.3) is 5.69 Å². The van der Waals surface area contributed by atoms with Crippen molar-refractivity contribution in [2.75, 3.05) is 0 Å². The van der Waals surface area contributed by atoms with Crippen LogP contribution in [0.15, 0.2) is 24.3 Å². The number of ketones is 1. The number of rotatable bonds is 3. The summed E-state index contributed by atoms with van der Waals surface area (Å²) in [7, 11) is 0. The van der Waals surface area contributed by atoms with Gasteiger partial charge in [-0.2, -0.15) is 0 Å². The number of carbonyl (C=O) groups is 1. The summed E-state index contributed by atoms with van der Waals surface area (Å²) in [6.45, 7) is 3.53. The van der Waals surface area contributed by atoms with Crippen molar-refractivity contribution < 1.29 is 9.72 Å². The highest BCUT2D eigenvalue weighted by molar-refractivity contribution is 5.97. The fourth-order valence-electron chi connectivity index (χ4n) is 1.11. The average molecular weight is 193 g/mol. The molecule has 4 heteroatoms. The molecule has 0 aromatic heterocycles. The van der Waals surface area contributed by atoms with Gasteiger partial charge in [0.05, 0.1) is 4.92 Å². The molecule has 0 fully saturated rings. The van der Waals surface area contributed by atoms with Gasteiger partial charge in [0, 0.05) is 23.6 Å². The summed E-state index contributed by atoms with van der Waals surface area (Å²) >= 11 is 0. The fourth-order valence-corrected chi connectivity index (χ4v) is 1.11. The van der Waals surface area contributed by atoms with Crippen LogP contribution in [0.3, 0.4) is 0 Å². The maximum absolute atomic E-state index is 11.5. The molecule has 14 heavy (non-hydrogen) atoms. The monoisotopic (exact) mass is 193 g/mol. The average Bonchev–Trinajstić information content (AvgIpc) is 2.16. The first kappa shape index (κ1) is 10.4. The number of carbonyl (C=O) groups excluding carboxylic acids is 1. The second-order valence-electron chi connectivity index (χ2n) is 3.33. The number of nitro groups is 1. The van der Waals surface area contributed by atoms with Crippen LogP contribution in [-0.2, 0) is 0 Å². The highest BCUT2D eigenvalue weighted by Crippen LogP contribution is 2.15. The molecule has 74 valence electrons. The molecule has 1 aromatic carbocycles. The lowest BCUT2D eigenvalue weighted by Crippen LogP contribution is -2.07. The molecule has 0 unspecified atom stereocenters. The summed E-state index contributed by atoms with van der Waals surface area (Å²) in [4.78, 5) is 21.4. The van der Waals surface area contributed by atoms with Gasteiger partial charge >= 0.3 is 0 Å². The van der Waals surface area contributed by atoms with Crippen LogP contribution in [-0.4, -0.2) is 10.7 Å². The summed E-state index contributed by atoms with van der Waals surface area (Å²) in [5.74, 6) is -0.217. The van der Waals surface area contributed by atoms with E-state index in [1.54, 1.807) is 19.9 Å². The Morgan fingerprint density at radius 2 is 2.07 bits per heavy atom. The molecule has 0 N–H and O–H groups in total. The van der Waals surface area contributed by atoms with Gasteiger partial charge in [0.1, 0.15) is 0 Å². The van der Waals surface area contributed by atoms with Gasteiger partial charge in [0.2, 0.25) is 0 Å². The van der Waals surface area contributed by atoms with Crippen molar-refractivity contribution in [2.24, 2.45) is 5.92 Å². The van der Waals surface area contributed by atoms with E-state index in [1.807, 2.05) is 0 Å². The van der Waals surface area contributed by atoms with Crippen LogP contribution in [0.2, 0.25) is 0 Å². The van der Waals surface area contributed by atoms with Gasteiger partial charge in [-0.05, 0) is 0 Å². The molecule has 0 heterocycles. The molecule has 0 aliphatic rings. The molecule has 0 spiro atoms. The Balaban J connectivity index is 3.06. The van der Waals surface area contributed by atoms with Crippen LogP contribution in [0.5, 0.6) is 0 Å². The van der Waals surface area contributed by atoms with Crippen LogP contribution in [0.1, 0.15) is 24.2 Å². The zero-order chi connectivity index (χ0) is 10.7. The zero-order valence-electron chi connectivity index (χ0n) is 8.06. The van der Waals surface area contributed by atoms with E-state index in [1.165, 1.54) is 18.2 Å². The summed E-state index contributed by atoms with van der Waals surface area (Å²) in [5, 5.41) is 10.4. The van der Waals surface area contributed by atoms with E-state index in [4.69, 9.17) is 0 Å². The van der Waals surface area contributed by atoms with E-state index in [0.717, 1.165) is 0 Å². The van der Waals surface area contributed by atoms with Gasteiger partial charge < -0.3 is 0 Å². The van der Waals surface area contributed by atoms with Gasteiger partial charge in [-0.1, -0.05) is 26.0 Å². The minimum Gasteiger partial charge on any atom is -0.294 e. The minimum absolute atomic E-state index is 0.0449. The largest absolute Gasteiger partial charge is 0.294 e. The molecule has 0 aliphatic heterocycles. The van der Waals surface area contributed by atoms with Crippen molar-refractivity contribution in [2.45, 2.75) is 13.8 Å². The molecular formula is C10H11NO3. The van der Waals surface area contributed by atoms with Crippen molar-refractivity contribution in [1.29, 1.82) is 0 Å². The van der Waals surface area contributed by atoms with Gasteiger partial charge in [-0.25, -0.2) is 0 Å². The summed E-state index contributed by atoms with van der Waals surface area (Å²) < 4.78 is 0. The molecule has 1 aromatic rings. The van der Waals surface area contributed by atoms with E-state index in [9.17, 15) is 14.9 Å². The van der Waals surface area contributed by atoms with Crippen molar-refractivity contribution in [1.82, 2.24) is 0 Å². The molecule has 0 atom stereocenters. The molecule has 0 radical (unpaired) electrons. The first-order valence-electron chi connectivity index (χ1n) is 4.31. The van der Waals surface area contributed by atoms with Crippen molar-refractivity contribution in [3.8, 4) is 0 Å². The van der Waals surface area contributed by atoms with Gasteiger partial charge in [0.15, 0.2) is 5.78 Å². The molecule has 4 nitrogen and oxygen atoms in total. The number of nitro benzene ring substituents is 1. The number of non-ortho nitro benzene ring substituents is 1. The van der Waals surface area contributed by atoms with E-state index < -0.39 is 4.92 Å². The molecule has 0 aliphatic carbocycles. The summed E-state index contributed by atoms with van der Waals surface area (Å²) in [5.41, 5.74) is 0.353. The Morgan fingerprint density at radius 3 is 2.57 bits per heavy atom. The van der Waals surface area contributed by atoms with E-state index in [2.05, 4.69) is 0 Å². The van der Waals surface area contributed by atoms with Crippen molar-refractivity contribution in [3.63, 3.8) is 0 Å². The van der Waals surface area contributed by atoms with Crippen molar-refractivity contribution >= 4 is 11.5 Å². The minimum atomic E-state index is -0.503. The number of Topliss-reactive ketones (excluding diaryl/α,β-unsaturated/α-hetero) is 1. The third-order valence-electron chi connectivity index (χ3n) is 1.87.